The van der Waals surface area contributed by atoms with Gasteiger partial charge in [0, 0.05) is 31.7 Å². The average molecular weight is 383 g/mol. The Bertz CT molecular complexity index is 1050. The number of fused-ring (bicyclic) bond motifs is 2. The molecule has 0 saturated carbocycles. The van der Waals surface area contributed by atoms with E-state index in [4.69, 9.17) is 0 Å². The molecule has 1 aliphatic heterocycles. The van der Waals surface area contributed by atoms with Gasteiger partial charge in [0.05, 0.1) is 5.56 Å². The van der Waals surface area contributed by atoms with Crippen molar-refractivity contribution in [2.24, 2.45) is 5.92 Å². The highest BCUT2D eigenvalue weighted by atomic mass is 16.2. The molecule has 28 heavy (non-hydrogen) atoms. The first-order valence-corrected chi connectivity index (χ1v) is 9.78. The zero-order valence-corrected chi connectivity index (χ0v) is 16.2. The van der Waals surface area contributed by atoms with Crippen molar-refractivity contribution in [3.05, 3.63) is 46.5 Å². The summed E-state index contributed by atoms with van der Waals surface area (Å²) < 4.78 is 4.92. The first-order valence-electron chi connectivity index (χ1n) is 9.78. The van der Waals surface area contributed by atoms with E-state index in [2.05, 4.69) is 34.3 Å². The molecule has 4 rings (SSSR count). The summed E-state index contributed by atoms with van der Waals surface area (Å²) in [6.45, 7) is 5.50. The topological polar surface area (TPSA) is 99.1 Å². The molecule has 9 nitrogen and oxygen atoms in total. The molecule has 148 valence electrons. The van der Waals surface area contributed by atoms with Crippen LogP contribution in [0.1, 0.15) is 49.3 Å². The van der Waals surface area contributed by atoms with Gasteiger partial charge in [-0.3, -0.25) is 9.36 Å². The van der Waals surface area contributed by atoms with Gasteiger partial charge in [-0.1, -0.05) is 13.8 Å². The molecule has 3 aromatic heterocycles. The normalized spacial score (nSPS) is 16.9. The average Bonchev–Trinajstić information content (AvgIpc) is 3.20. The molecule has 0 radical (unpaired) electrons. The van der Waals surface area contributed by atoms with Crippen LogP contribution in [0.5, 0.6) is 0 Å². The van der Waals surface area contributed by atoms with Gasteiger partial charge in [0.1, 0.15) is 12.2 Å². The first-order chi connectivity index (χ1) is 13.5. The van der Waals surface area contributed by atoms with Gasteiger partial charge in [0.15, 0.2) is 5.65 Å². The minimum atomic E-state index is -0.142. The second-order valence-electron chi connectivity index (χ2n) is 7.73. The molecule has 0 bridgehead atoms. The molecule has 0 saturated heterocycles. The smallest absolute Gasteiger partial charge is 0.345 e. The van der Waals surface area contributed by atoms with E-state index in [0.717, 1.165) is 18.7 Å². The highest BCUT2D eigenvalue weighted by molar-refractivity contribution is 5.94. The Labute approximate surface area is 162 Å². The number of aryl methyl sites for hydroxylation is 2. The lowest BCUT2D eigenvalue weighted by Crippen LogP contribution is -2.36. The van der Waals surface area contributed by atoms with Crippen LogP contribution in [0.25, 0.3) is 5.65 Å². The molecular weight excluding hydrogens is 358 g/mol. The number of nitrogens with one attached hydrogen (secondary N) is 1. The van der Waals surface area contributed by atoms with E-state index in [0.29, 0.717) is 43.1 Å². The van der Waals surface area contributed by atoms with Gasteiger partial charge in [0.25, 0.3) is 5.91 Å². The van der Waals surface area contributed by atoms with Crippen molar-refractivity contribution >= 4 is 11.6 Å². The number of pyridine rings is 1. The van der Waals surface area contributed by atoms with Gasteiger partial charge < -0.3 is 5.32 Å². The van der Waals surface area contributed by atoms with Crippen molar-refractivity contribution in [2.45, 2.75) is 58.7 Å². The second-order valence-corrected chi connectivity index (χ2v) is 7.73. The summed E-state index contributed by atoms with van der Waals surface area (Å²) in [5, 5.41) is 11.7. The maximum Gasteiger partial charge on any atom is 0.345 e. The highest BCUT2D eigenvalue weighted by Gasteiger charge is 2.22. The van der Waals surface area contributed by atoms with Crippen LogP contribution in [0.2, 0.25) is 0 Å². The summed E-state index contributed by atoms with van der Waals surface area (Å²) in [6.07, 6.45) is 6.21. The minimum Gasteiger partial charge on any atom is -0.349 e. The van der Waals surface area contributed by atoms with Crippen LogP contribution in [0, 0.1) is 5.92 Å². The highest BCUT2D eigenvalue weighted by Crippen LogP contribution is 2.13. The van der Waals surface area contributed by atoms with E-state index in [9.17, 15) is 9.59 Å². The van der Waals surface area contributed by atoms with E-state index < -0.39 is 0 Å². The van der Waals surface area contributed by atoms with Gasteiger partial charge in [-0.05, 0) is 37.3 Å². The van der Waals surface area contributed by atoms with Gasteiger partial charge >= 0.3 is 5.69 Å². The minimum absolute atomic E-state index is 0.00385. The number of nitrogens with zero attached hydrogens (tertiary/aromatic N) is 6. The van der Waals surface area contributed by atoms with Crippen LogP contribution in [0.4, 0.5) is 0 Å². The van der Waals surface area contributed by atoms with E-state index in [-0.39, 0.29) is 17.6 Å². The summed E-state index contributed by atoms with van der Waals surface area (Å²) in [7, 11) is 0. The summed E-state index contributed by atoms with van der Waals surface area (Å²) in [5.41, 5.74) is 1.19. The van der Waals surface area contributed by atoms with E-state index >= 15 is 0 Å². The molecule has 3 aromatic rings. The maximum absolute atomic E-state index is 12.6. The van der Waals surface area contributed by atoms with Crippen LogP contribution in [0.3, 0.4) is 0 Å². The Morgan fingerprint density at radius 2 is 2.18 bits per heavy atom. The molecule has 1 amide bonds. The molecule has 4 heterocycles. The molecule has 0 fully saturated rings. The summed E-state index contributed by atoms with van der Waals surface area (Å²) in [6, 6.07) is 3.52. The van der Waals surface area contributed by atoms with Gasteiger partial charge in [-0.15, -0.1) is 0 Å². The fourth-order valence-electron chi connectivity index (χ4n) is 3.52. The van der Waals surface area contributed by atoms with Crippen LogP contribution < -0.4 is 11.0 Å². The zero-order valence-electron chi connectivity index (χ0n) is 16.2. The number of aromatic nitrogens is 6. The van der Waals surface area contributed by atoms with Crippen LogP contribution in [-0.4, -0.2) is 40.9 Å². The second kappa shape index (κ2) is 7.57. The first kappa shape index (κ1) is 18.4. The lowest BCUT2D eigenvalue weighted by molar-refractivity contribution is 0.0932. The van der Waals surface area contributed by atoms with Crippen LogP contribution in [-0.2, 0) is 19.5 Å². The number of carbonyl (C=O) groups is 1. The Morgan fingerprint density at radius 1 is 1.32 bits per heavy atom. The summed E-state index contributed by atoms with van der Waals surface area (Å²) >= 11 is 0. The summed E-state index contributed by atoms with van der Waals surface area (Å²) in [5.74, 6) is 1.20. The largest absolute Gasteiger partial charge is 0.349 e. The standard InChI is InChI=1S/C19H25N7O2/c1-13(2)7-10-25-19(28)24-9-8-15(4-6-17(24)23-25)22-18(27)14-3-5-16-20-12-21-26(16)11-14/h3,5,11-13,15H,4,6-10H2,1-2H3,(H,22,27). The molecule has 9 heteroatoms. The molecule has 1 N–H and O–H groups in total. The van der Waals surface area contributed by atoms with Crippen LogP contribution >= 0.6 is 0 Å². The number of rotatable bonds is 5. The molecule has 0 aliphatic carbocycles. The van der Waals surface area contributed by atoms with Crippen molar-refractivity contribution in [3.8, 4) is 0 Å². The van der Waals surface area contributed by atoms with Crippen molar-refractivity contribution in [3.63, 3.8) is 0 Å². The number of carbonyl (C=O) groups excluding carboxylic acids is 1. The van der Waals surface area contributed by atoms with Gasteiger partial charge in [-0.2, -0.15) is 10.2 Å². The van der Waals surface area contributed by atoms with Crippen molar-refractivity contribution in [2.75, 3.05) is 0 Å². The third-order valence-electron chi connectivity index (χ3n) is 5.21. The van der Waals surface area contributed by atoms with Crippen molar-refractivity contribution in [1.82, 2.24) is 34.3 Å². The van der Waals surface area contributed by atoms with E-state index in [1.807, 2.05) is 0 Å². The molecular formula is C19H25N7O2. The van der Waals surface area contributed by atoms with Crippen LogP contribution in [0.15, 0.2) is 29.5 Å². The fourth-order valence-corrected chi connectivity index (χ4v) is 3.52. The third kappa shape index (κ3) is 3.69. The molecule has 1 atom stereocenters. The van der Waals surface area contributed by atoms with Gasteiger partial charge in [0.2, 0.25) is 0 Å². The van der Waals surface area contributed by atoms with Crippen molar-refractivity contribution in [1.29, 1.82) is 0 Å². The Kier molecular flexibility index (Phi) is 4.97. The Hall–Kier alpha value is -2.97. The molecule has 1 aliphatic rings. The lowest BCUT2D eigenvalue weighted by Gasteiger charge is -2.16. The predicted octanol–water partition coefficient (Wildman–Crippen LogP) is 1.27. The monoisotopic (exact) mass is 383 g/mol. The lowest BCUT2D eigenvalue weighted by atomic mass is 10.1. The zero-order chi connectivity index (χ0) is 19.7. The Morgan fingerprint density at radius 3 is 3.00 bits per heavy atom. The molecule has 1 unspecified atom stereocenters. The summed E-state index contributed by atoms with van der Waals surface area (Å²) in [4.78, 5) is 29.3. The maximum atomic E-state index is 12.6. The fraction of sp³-hybridized carbons (Fsp3) is 0.526. The molecule has 0 aromatic carbocycles. The predicted molar refractivity (Wildman–Crippen MR) is 103 cm³/mol. The molecule has 0 spiro atoms. The number of amides is 1. The van der Waals surface area contributed by atoms with Gasteiger partial charge in [-0.25, -0.2) is 19.0 Å². The Balaban J connectivity index is 1.41. The quantitative estimate of drug-likeness (QED) is 0.715. The van der Waals surface area contributed by atoms with E-state index in [1.165, 1.54) is 6.33 Å². The SMILES string of the molecule is CC(C)CCn1nc2n(c1=O)CCC(NC(=O)c1ccc3ncnn3c1)CC2. The van der Waals surface area contributed by atoms with E-state index in [1.54, 1.807) is 32.1 Å². The number of hydrogen-bond donors (Lipinski definition) is 1. The third-order valence-corrected chi connectivity index (χ3v) is 5.21. The van der Waals surface area contributed by atoms with Crippen molar-refractivity contribution < 1.29 is 4.79 Å². The number of hydrogen-bond acceptors (Lipinski definition) is 5.